The van der Waals surface area contributed by atoms with Gasteiger partial charge in [-0.1, -0.05) is 25.3 Å². The van der Waals surface area contributed by atoms with Gasteiger partial charge in [0.15, 0.2) is 0 Å². The summed E-state index contributed by atoms with van der Waals surface area (Å²) >= 11 is 0. The maximum Gasteiger partial charge on any atom is 0.337 e. The van der Waals surface area contributed by atoms with Crippen LogP contribution in [0, 0.1) is 0 Å². The van der Waals surface area contributed by atoms with Crippen molar-refractivity contribution in [1.29, 1.82) is 0 Å². The van der Waals surface area contributed by atoms with E-state index in [4.69, 9.17) is 0 Å². The normalized spacial score (nSPS) is 15.1. The van der Waals surface area contributed by atoms with Gasteiger partial charge >= 0.3 is 5.97 Å². The molecule has 1 aromatic carbocycles. The van der Waals surface area contributed by atoms with Gasteiger partial charge in [0, 0.05) is 29.4 Å². The van der Waals surface area contributed by atoms with Crippen molar-refractivity contribution in [2.45, 2.75) is 38.1 Å². The summed E-state index contributed by atoms with van der Waals surface area (Å²) in [6.07, 6.45) is 10.7. The molecule has 4 rings (SSSR count). The molecule has 1 saturated carbocycles. The molecule has 0 saturated heterocycles. The third-order valence-electron chi connectivity index (χ3n) is 4.90. The molecule has 2 heterocycles. The first-order chi connectivity index (χ1) is 12.7. The Labute approximate surface area is 151 Å². The third kappa shape index (κ3) is 3.35. The molecule has 1 aliphatic carbocycles. The van der Waals surface area contributed by atoms with Gasteiger partial charge in [0.25, 0.3) is 0 Å². The lowest BCUT2D eigenvalue weighted by Gasteiger charge is -2.23. The van der Waals surface area contributed by atoms with E-state index in [1.807, 2.05) is 18.2 Å². The Balaban J connectivity index is 1.72. The number of aromatic nitrogens is 3. The number of hydrogen-bond donors (Lipinski definition) is 2. The summed E-state index contributed by atoms with van der Waals surface area (Å²) in [7, 11) is 0. The number of nitrogens with zero attached hydrogens (tertiary/aromatic N) is 3. The van der Waals surface area contributed by atoms with Crippen LogP contribution in [0.1, 0.15) is 42.5 Å². The van der Waals surface area contributed by atoms with Crippen LogP contribution in [0.25, 0.3) is 22.0 Å². The molecule has 0 unspecified atom stereocenters. The number of rotatable bonds is 4. The van der Waals surface area contributed by atoms with Gasteiger partial charge in [-0.2, -0.15) is 0 Å². The summed E-state index contributed by atoms with van der Waals surface area (Å²) in [4.78, 5) is 24.1. The van der Waals surface area contributed by atoms with E-state index in [1.54, 1.807) is 18.6 Å². The van der Waals surface area contributed by atoms with Crippen LogP contribution in [0.3, 0.4) is 0 Å². The number of carboxylic acid groups (broad SMARTS) is 1. The molecule has 0 radical (unpaired) electrons. The molecule has 1 fully saturated rings. The van der Waals surface area contributed by atoms with Crippen molar-refractivity contribution in [3.05, 3.63) is 48.5 Å². The highest BCUT2D eigenvalue weighted by molar-refractivity contribution is 5.93. The number of anilines is 1. The molecule has 0 spiro atoms. The summed E-state index contributed by atoms with van der Waals surface area (Å²) in [5, 5.41) is 13.7. The molecule has 26 heavy (non-hydrogen) atoms. The minimum atomic E-state index is -0.983. The lowest BCUT2D eigenvalue weighted by atomic mass is 9.95. The molecular weight excluding hydrogens is 328 g/mol. The zero-order valence-electron chi connectivity index (χ0n) is 14.4. The lowest BCUT2D eigenvalue weighted by Crippen LogP contribution is -2.23. The molecule has 2 N–H and O–H groups in total. The van der Waals surface area contributed by atoms with Crippen LogP contribution >= 0.6 is 0 Å². The molecule has 3 aromatic rings. The van der Waals surface area contributed by atoms with Gasteiger partial charge in [-0.3, -0.25) is 4.98 Å². The fraction of sp³-hybridized carbons (Fsp3) is 0.300. The van der Waals surface area contributed by atoms with Crippen molar-refractivity contribution < 1.29 is 9.90 Å². The van der Waals surface area contributed by atoms with Crippen LogP contribution in [0.15, 0.2) is 43.0 Å². The second kappa shape index (κ2) is 7.07. The van der Waals surface area contributed by atoms with Gasteiger partial charge in [-0.15, -0.1) is 0 Å². The van der Waals surface area contributed by atoms with Crippen LogP contribution < -0.4 is 5.32 Å². The van der Waals surface area contributed by atoms with Gasteiger partial charge in [-0.05, 0) is 36.6 Å². The number of pyridine rings is 1. The number of nitrogens with one attached hydrogen (secondary N) is 1. The summed E-state index contributed by atoms with van der Waals surface area (Å²) in [6.45, 7) is 0. The van der Waals surface area contributed by atoms with E-state index in [2.05, 4.69) is 20.3 Å². The Morgan fingerprint density at radius 1 is 1.04 bits per heavy atom. The Morgan fingerprint density at radius 2 is 1.88 bits per heavy atom. The molecule has 132 valence electrons. The quantitative estimate of drug-likeness (QED) is 0.737. The molecule has 2 aromatic heterocycles. The van der Waals surface area contributed by atoms with Gasteiger partial charge in [-0.25, -0.2) is 14.8 Å². The van der Waals surface area contributed by atoms with Crippen molar-refractivity contribution in [3.8, 4) is 11.1 Å². The zero-order valence-corrected chi connectivity index (χ0v) is 14.4. The van der Waals surface area contributed by atoms with E-state index in [9.17, 15) is 9.90 Å². The monoisotopic (exact) mass is 348 g/mol. The molecule has 6 nitrogen and oxygen atoms in total. The highest BCUT2D eigenvalue weighted by atomic mass is 16.4. The second-order valence-electron chi connectivity index (χ2n) is 6.70. The van der Waals surface area contributed by atoms with E-state index >= 15 is 0 Å². The number of aromatic carboxylic acids is 1. The van der Waals surface area contributed by atoms with Crippen molar-refractivity contribution >= 4 is 22.7 Å². The van der Waals surface area contributed by atoms with Crippen LogP contribution in [-0.4, -0.2) is 32.1 Å². The molecule has 0 atom stereocenters. The van der Waals surface area contributed by atoms with Gasteiger partial charge in [0.2, 0.25) is 0 Å². The topological polar surface area (TPSA) is 88.0 Å². The second-order valence-corrected chi connectivity index (χ2v) is 6.70. The standard InChI is InChI=1S/C20H20N4O2/c25-20(26)15-8-14(10-21-11-15)13-6-7-18-17(9-13)19(23-12-22-18)24-16-4-2-1-3-5-16/h6-12,16H,1-5H2,(H,25,26)(H,22,23,24). The molecule has 1 aliphatic rings. The van der Waals surface area contributed by atoms with E-state index < -0.39 is 5.97 Å². The van der Waals surface area contributed by atoms with Crippen LogP contribution in [0.5, 0.6) is 0 Å². The third-order valence-corrected chi connectivity index (χ3v) is 4.90. The number of hydrogen-bond acceptors (Lipinski definition) is 5. The Hall–Kier alpha value is -3.02. The number of carboxylic acids is 1. The van der Waals surface area contributed by atoms with Crippen LogP contribution in [-0.2, 0) is 0 Å². The maximum absolute atomic E-state index is 11.2. The largest absolute Gasteiger partial charge is 0.478 e. The highest BCUT2D eigenvalue weighted by Gasteiger charge is 2.15. The fourth-order valence-electron chi connectivity index (χ4n) is 3.51. The minimum absolute atomic E-state index is 0.174. The van der Waals surface area contributed by atoms with Gasteiger partial charge < -0.3 is 10.4 Å². The number of benzene rings is 1. The Bertz CT molecular complexity index is 951. The minimum Gasteiger partial charge on any atom is -0.478 e. The van der Waals surface area contributed by atoms with Crippen molar-refractivity contribution in [2.24, 2.45) is 0 Å². The van der Waals surface area contributed by atoms with Crippen molar-refractivity contribution in [2.75, 3.05) is 5.32 Å². The Morgan fingerprint density at radius 3 is 2.69 bits per heavy atom. The summed E-state index contributed by atoms with van der Waals surface area (Å²) in [5.41, 5.74) is 2.70. The highest BCUT2D eigenvalue weighted by Crippen LogP contribution is 2.29. The average molecular weight is 348 g/mol. The van der Waals surface area contributed by atoms with E-state index in [-0.39, 0.29) is 5.56 Å². The maximum atomic E-state index is 11.2. The number of carbonyl (C=O) groups is 1. The van der Waals surface area contributed by atoms with E-state index in [0.717, 1.165) is 40.7 Å². The first-order valence-electron chi connectivity index (χ1n) is 8.91. The summed E-state index contributed by atoms with van der Waals surface area (Å²) in [5.74, 6) is -0.144. The van der Waals surface area contributed by atoms with Gasteiger partial charge in [0.05, 0.1) is 11.1 Å². The van der Waals surface area contributed by atoms with E-state index in [1.165, 1.54) is 25.5 Å². The van der Waals surface area contributed by atoms with Crippen molar-refractivity contribution in [1.82, 2.24) is 15.0 Å². The first-order valence-corrected chi connectivity index (χ1v) is 8.91. The predicted molar refractivity (Wildman–Crippen MR) is 100 cm³/mol. The fourth-order valence-corrected chi connectivity index (χ4v) is 3.51. The molecule has 0 aliphatic heterocycles. The first kappa shape index (κ1) is 16.4. The smallest absolute Gasteiger partial charge is 0.337 e. The molecule has 0 amide bonds. The van der Waals surface area contributed by atoms with Crippen LogP contribution in [0.2, 0.25) is 0 Å². The SMILES string of the molecule is O=C(O)c1cncc(-c2ccc3ncnc(NC4CCCCC4)c3c2)c1. The van der Waals surface area contributed by atoms with Crippen molar-refractivity contribution in [3.63, 3.8) is 0 Å². The molecule has 6 heteroatoms. The predicted octanol–water partition coefficient (Wildman–Crippen LogP) is 4.13. The lowest BCUT2D eigenvalue weighted by molar-refractivity contribution is 0.0696. The zero-order chi connectivity index (χ0) is 17.9. The Kier molecular flexibility index (Phi) is 4.48. The average Bonchev–Trinajstić information content (AvgIpc) is 2.69. The summed E-state index contributed by atoms with van der Waals surface area (Å²) < 4.78 is 0. The number of fused-ring (bicyclic) bond motifs is 1. The van der Waals surface area contributed by atoms with Gasteiger partial charge in [0.1, 0.15) is 12.1 Å². The molecule has 0 bridgehead atoms. The molecular formula is C20H20N4O2. The summed E-state index contributed by atoms with van der Waals surface area (Å²) in [6, 6.07) is 7.95. The van der Waals surface area contributed by atoms with Crippen LogP contribution in [0.4, 0.5) is 5.82 Å². The van der Waals surface area contributed by atoms with E-state index in [0.29, 0.717) is 6.04 Å².